The number of hydrogen-bond donors (Lipinski definition) is 1. The van der Waals surface area contributed by atoms with E-state index in [1.807, 2.05) is 11.3 Å². The first-order chi connectivity index (χ1) is 8.58. The van der Waals surface area contributed by atoms with Crippen LogP contribution in [-0.2, 0) is 6.54 Å². The third-order valence-corrected chi connectivity index (χ3v) is 4.16. The van der Waals surface area contributed by atoms with Gasteiger partial charge in [-0.25, -0.2) is 0 Å². The normalized spacial score (nSPS) is 11.2. The first kappa shape index (κ1) is 13.3. The van der Waals surface area contributed by atoms with Gasteiger partial charge in [-0.3, -0.25) is 0 Å². The third-order valence-electron chi connectivity index (χ3n) is 3.11. The summed E-state index contributed by atoms with van der Waals surface area (Å²) < 4.78 is 0. The Morgan fingerprint density at radius 2 is 1.89 bits per heavy atom. The van der Waals surface area contributed by atoms with Crippen molar-refractivity contribution in [2.24, 2.45) is 0 Å². The molecule has 0 radical (unpaired) electrons. The maximum Gasteiger partial charge on any atom is 0.0374 e. The van der Waals surface area contributed by atoms with Crippen molar-refractivity contribution in [3.63, 3.8) is 0 Å². The van der Waals surface area contributed by atoms with E-state index in [4.69, 9.17) is 0 Å². The van der Waals surface area contributed by atoms with Crippen molar-refractivity contribution in [3.05, 3.63) is 46.3 Å². The van der Waals surface area contributed by atoms with Crippen LogP contribution in [0.15, 0.2) is 29.6 Å². The summed E-state index contributed by atoms with van der Waals surface area (Å²) in [6, 6.07) is 9.50. The van der Waals surface area contributed by atoms with E-state index in [0.29, 0.717) is 6.04 Å². The van der Waals surface area contributed by atoms with Gasteiger partial charge in [0.15, 0.2) is 0 Å². The second kappa shape index (κ2) is 5.68. The summed E-state index contributed by atoms with van der Waals surface area (Å²) >= 11 is 1.83. The van der Waals surface area contributed by atoms with Crippen molar-refractivity contribution in [2.75, 3.05) is 0 Å². The van der Waals surface area contributed by atoms with E-state index >= 15 is 0 Å². The van der Waals surface area contributed by atoms with E-state index in [-0.39, 0.29) is 0 Å². The summed E-state index contributed by atoms with van der Waals surface area (Å²) in [7, 11) is 0. The van der Waals surface area contributed by atoms with E-state index in [2.05, 4.69) is 62.7 Å². The van der Waals surface area contributed by atoms with Gasteiger partial charge in [0.25, 0.3) is 0 Å². The molecule has 0 amide bonds. The van der Waals surface area contributed by atoms with Crippen molar-refractivity contribution >= 4 is 11.3 Å². The fourth-order valence-corrected chi connectivity index (χ4v) is 3.08. The highest BCUT2D eigenvalue weighted by atomic mass is 32.1. The molecule has 0 aliphatic carbocycles. The zero-order valence-electron chi connectivity index (χ0n) is 11.6. The van der Waals surface area contributed by atoms with Crippen LogP contribution in [0.1, 0.15) is 30.5 Å². The van der Waals surface area contributed by atoms with E-state index in [9.17, 15) is 0 Å². The van der Waals surface area contributed by atoms with E-state index < -0.39 is 0 Å². The van der Waals surface area contributed by atoms with Gasteiger partial charge in [0, 0.05) is 17.5 Å². The van der Waals surface area contributed by atoms with E-state index in [1.54, 1.807) is 0 Å². The molecular formula is C16H21NS. The van der Waals surface area contributed by atoms with E-state index in [0.717, 1.165) is 6.54 Å². The standard InChI is InChI=1S/C16H21NS/c1-11(2)17-10-14-5-6-15(13(4)9-14)16-12(3)7-8-18-16/h5-9,11,17H,10H2,1-4H3. The number of thiophene rings is 1. The van der Waals surface area contributed by atoms with Crippen LogP contribution in [0.3, 0.4) is 0 Å². The Kier molecular flexibility index (Phi) is 4.20. The molecule has 1 heterocycles. The zero-order chi connectivity index (χ0) is 13.1. The highest BCUT2D eigenvalue weighted by molar-refractivity contribution is 7.13. The molecular weight excluding hydrogens is 238 g/mol. The average Bonchev–Trinajstić information content (AvgIpc) is 2.73. The molecule has 0 spiro atoms. The fourth-order valence-electron chi connectivity index (χ4n) is 2.06. The molecule has 0 fully saturated rings. The van der Waals surface area contributed by atoms with Gasteiger partial charge in [0.1, 0.15) is 0 Å². The molecule has 2 rings (SSSR count). The van der Waals surface area contributed by atoms with E-state index in [1.165, 1.54) is 27.1 Å². The number of hydrogen-bond acceptors (Lipinski definition) is 2. The van der Waals surface area contributed by atoms with Crippen LogP contribution >= 0.6 is 11.3 Å². The molecule has 0 aliphatic heterocycles. The Bertz CT molecular complexity index is 526. The summed E-state index contributed by atoms with van der Waals surface area (Å²) in [5.74, 6) is 0. The highest BCUT2D eigenvalue weighted by Crippen LogP contribution is 2.31. The topological polar surface area (TPSA) is 12.0 Å². The Morgan fingerprint density at radius 3 is 2.44 bits per heavy atom. The summed E-state index contributed by atoms with van der Waals surface area (Å²) in [6.45, 7) is 9.68. The Morgan fingerprint density at radius 1 is 1.11 bits per heavy atom. The molecule has 0 bridgehead atoms. The van der Waals surface area contributed by atoms with Gasteiger partial charge >= 0.3 is 0 Å². The Balaban J connectivity index is 2.23. The van der Waals surface area contributed by atoms with Crippen LogP contribution in [0.25, 0.3) is 10.4 Å². The SMILES string of the molecule is Cc1cc(CNC(C)C)ccc1-c1sccc1C. The smallest absolute Gasteiger partial charge is 0.0374 e. The van der Waals surface area contributed by atoms with Crippen LogP contribution in [0.4, 0.5) is 0 Å². The zero-order valence-corrected chi connectivity index (χ0v) is 12.4. The maximum atomic E-state index is 3.46. The van der Waals surface area contributed by atoms with Gasteiger partial charge in [0.2, 0.25) is 0 Å². The van der Waals surface area contributed by atoms with Crippen LogP contribution < -0.4 is 5.32 Å². The first-order valence-electron chi connectivity index (χ1n) is 6.45. The summed E-state index contributed by atoms with van der Waals surface area (Å²) in [6.07, 6.45) is 0. The molecule has 2 heteroatoms. The van der Waals surface area contributed by atoms with Crippen molar-refractivity contribution in [2.45, 2.75) is 40.3 Å². The molecule has 0 unspecified atom stereocenters. The molecule has 1 aromatic heterocycles. The maximum absolute atomic E-state index is 3.46. The lowest BCUT2D eigenvalue weighted by Crippen LogP contribution is -2.21. The Hall–Kier alpha value is -1.12. The van der Waals surface area contributed by atoms with Gasteiger partial charge in [-0.1, -0.05) is 32.0 Å². The molecule has 0 saturated heterocycles. The monoisotopic (exact) mass is 259 g/mol. The molecule has 1 aromatic carbocycles. The van der Waals surface area contributed by atoms with Gasteiger partial charge in [-0.15, -0.1) is 11.3 Å². The van der Waals surface area contributed by atoms with Crippen molar-refractivity contribution in [1.29, 1.82) is 0 Å². The van der Waals surface area contributed by atoms with Gasteiger partial charge in [-0.05, 0) is 47.5 Å². The molecule has 0 saturated carbocycles. The van der Waals surface area contributed by atoms with Crippen LogP contribution in [-0.4, -0.2) is 6.04 Å². The second-order valence-corrected chi connectivity index (χ2v) is 6.03. The lowest BCUT2D eigenvalue weighted by Gasteiger charge is -2.11. The third kappa shape index (κ3) is 3.01. The lowest BCUT2D eigenvalue weighted by molar-refractivity contribution is 0.589. The molecule has 2 aromatic rings. The number of rotatable bonds is 4. The molecule has 96 valence electrons. The van der Waals surface area contributed by atoms with Crippen LogP contribution in [0.5, 0.6) is 0 Å². The lowest BCUT2D eigenvalue weighted by atomic mass is 10.0. The first-order valence-corrected chi connectivity index (χ1v) is 7.33. The minimum atomic E-state index is 0.532. The minimum absolute atomic E-state index is 0.532. The quantitative estimate of drug-likeness (QED) is 0.850. The molecule has 18 heavy (non-hydrogen) atoms. The predicted molar refractivity (Wildman–Crippen MR) is 81.2 cm³/mol. The summed E-state index contributed by atoms with van der Waals surface area (Å²) in [5, 5.41) is 5.62. The Labute approximate surface area is 114 Å². The van der Waals surface area contributed by atoms with Gasteiger partial charge < -0.3 is 5.32 Å². The van der Waals surface area contributed by atoms with Gasteiger partial charge in [-0.2, -0.15) is 0 Å². The van der Waals surface area contributed by atoms with Crippen molar-refractivity contribution < 1.29 is 0 Å². The second-order valence-electron chi connectivity index (χ2n) is 5.12. The predicted octanol–water partition coefficient (Wildman–Crippen LogP) is 4.53. The van der Waals surface area contributed by atoms with Gasteiger partial charge in [0.05, 0.1) is 0 Å². The van der Waals surface area contributed by atoms with Crippen LogP contribution in [0.2, 0.25) is 0 Å². The van der Waals surface area contributed by atoms with Crippen molar-refractivity contribution in [1.82, 2.24) is 5.32 Å². The van der Waals surface area contributed by atoms with Crippen LogP contribution in [0, 0.1) is 13.8 Å². The number of benzene rings is 1. The number of nitrogens with one attached hydrogen (secondary N) is 1. The summed E-state index contributed by atoms with van der Waals surface area (Å²) in [4.78, 5) is 1.40. The minimum Gasteiger partial charge on any atom is -0.310 e. The largest absolute Gasteiger partial charge is 0.310 e. The molecule has 1 nitrogen and oxygen atoms in total. The van der Waals surface area contributed by atoms with Crippen molar-refractivity contribution in [3.8, 4) is 10.4 Å². The average molecular weight is 259 g/mol. The molecule has 0 aliphatic rings. The number of aryl methyl sites for hydroxylation is 2. The highest BCUT2D eigenvalue weighted by Gasteiger charge is 2.07. The fraction of sp³-hybridized carbons (Fsp3) is 0.375. The summed E-state index contributed by atoms with van der Waals surface area (Å²) in [5.41, 5.74) is 5.47. The molecule has 0 atom stereocenters. The molecule has 1 N–H and O–H groups in total.